The van der Waals surface area contributed by atoms with E-state index in [-0.39, 0.29) is 33.4 Å². The van der Waals surface area contributed by atoms with E-state index in [9.17, 15) is 28.8 Å². The van der Waals surface area contributed by atoms with Crippen molar-refractivity contribution in [3.05, 3.63) is 181 Å². The van der Waals surface area contributed by atoms with Crippen LogP contribution in [0.2, 0.25) is 0 Å². The van der Waals surface area contributed by atoms with Crippen LogP contribution in [-0.2, 0) is 33.2 Å². The number of carbonyl (C=O) groups excluding carboxylic acids is 6. The Morgan fingerprint density at radius 1 is 0.308 bits per heavy atom. The molecule has 0 saturated carbocycles. The van der Waals surface area contributed by atoms with Crippen molar-refractivity contribution in [2.45, 2.75) is 0 Å². The van der Waals surface area contributed by atoms with E-state index in [2.05, 4.69) is 29.9 Å². The molecule has 332 valence electrons. The number of pyridine rings is 6. The molecule has 0 bridgehead atoms. The van der Waals surface area contributed by atoms with Crippen LogP contribution in [0.4, 0.5) is 0 Å². The van der Waals surface area contributed by atoms with Crippen molar-refractivity contribution in [2.75, 3.05) is 52.9 Å². The Balaban J connectivity index is 1.34. The largest absolute Gasteiger partial charge is 0.461 e. The fourth-order valence-electron chi connectivity index (χ4n) is 5.70. The first-order chi connectivity index (χ1) is 31.6. The molecule has 6 aromatic heterocycles. The van der Waals surface area contributed by atoms with E-state index in [1.807, 2.05) is 0 Å². The summed E-state index contributed by atoms with van der Waals surface area (Å²) in [6.07, 6.45) is 16.5. The maximum Gasteiger partial charge on any atom is 0.339 e. The number of hydrogen-bond acceptors (Lipinski definition) is 19. The van der Waals surface area contributed by atoms with Gasteiger partial charge >= 0.3 is 35.8 Å². The van der Waals surface area contributed by atoms with Crippen LogP contribution in [0, 0.1) is 10.8 Å². The molecule has 6 heterocycles. The third-order valence-electron chi connectivity index (χ3n) is 9.26. The average Bonchev–Trinajstić information content (AvgIpc) is 3.37. The Morgan fingerprint density at radius 2 is 0.492 bits per heavy atom. The molecular weight excluding hydrogens is 845 g/mol. The molecule has 0 saturated heterocycles. The minimum atomic E-state index is -1.68. The summed E-state index contributed by atoms with van der Waals surface area (Å²) < 4.78 is 40.8. The van der Waals surface area contributed by atoms with Crippen LogP contribution in [0.25, 0.3) is 0 Å². The highest BCUT2D eigenvalue weighted by atomic mass is 16.6. The third-order valence-corrected chi connectivity index (χ3v) is 9.26. The van der Waals surface area contributed by atoms with Gasteiger partial charge in [-0.15, -0.1) is 0 Å². The number of hydrogen-bond donors (Lipinski definition) is 0. The van der Waals surface area contributed by atoms with Crippen LogP contribution in [0.15, 0.2) is 147 Å². The standard InChI is InChI=1S/C46H40N6O13/c53-39(33-7-1-13-47-19-33)60-27-45(28-61-40(54)34-8-2-14-48-20-34,29-62-41(55)35-9-3-15-49-21-35)25-59-26-46(30-63-42(56)36-10-4-16-50-22-36,31-64-43(57)37-11-5-17-51-23-37)32-65-44(58)38-12-6-18-52-24-38/h1-24H,25-32H2. The van der Waals surface area contributed by atoms with Crippen molar-refractivity contribution in [1.29, 1.82) is 0 Å². The van der Waals surface area contributed by atoms with Gasteiger partial charge in [0.1, 0.15) is 39.6 Å². The van der Waals surface area contributed by atoms with Gasteiger partial charge in [-0.3, -0.25) is 29.9 Å². The van der Waals surface area contributed by atoms with Crippen LogP contribution < -0.4 is 0 Å². The van der Waals surface area contributed by atoms with Crippen molar-refractivity contribution in [2.24, 2.45) is 10.8 Å². The lowest BCUT2D eigenvalue weighted by Gasteiger charge is -2.35. The Kier molecular flexibility index (Phi) is 16.5. The maximum absolute atomic E-state index is 13.3. The molecule has 0 aliphatic heterocycles. The number of carbonyl (C=O) groups is 6. The van der Waals surface area contributed by atoms with E-state index in [1.54, 1.807) is 0 Å². The molecule has 0 aliphatic carbocycles. The first-order valence-corrected chi connectivity index (χ1v) is 19.6. The number of rotatable bonds is 22. The minimum absolute atomic E-state index is 0.0855. The molecule has 19 nitrogen and oxygen atoms in total. The molecule has 6 aromatic rings. The highest BCUT2D eigenvalue weighted by molar-refractivity contribution is 5.91. The summed E-state index contributed by atoms with van der Waals surface area (Å²) in [5, 5.41) is 0. The second kappa shape index (κ2) is 23.2. The highest BCUT2D eigenvalue weighted by Crippen LogP contribution is 2.28. The van der Waals surface area contributed by atoms with Crippen molar-refractivity contribution in [1.82, 2.24) is 29.9 Å². The summed E-state index contributed by atoms with van der Waals surface area (Å²) in [5.41, 5.74) is -2.84. The second-order valence-electron chi connectivity index (χ2n) is 14.4. The van der Waals surface area contributed by atoms with E-state index in [1.165, 1.54) is 147 Å². The number of esters is 6. The average molecular weight is 885 g/mol. The molecule has 65 heavy (non-hydrogen) atoms. The summed E-state index contributed by atoms with van der Waals surface area (Å²) in [6, 6.07) is 18.0. The predicted octanol–water partition coefficient (Wildman–Crippen LogP) is 4.49. The topological polar surface area (TPSA) is 244 Å². The fraction of sp³-hybridized carbons (Fsp3) is 0.217. The number of aromatic nitrogens is 6. The smallest absolute Gasteiger partial charge is 0.339 e. The Bertz CT molecular complexity index is 2050. The van der Waals surface area contributed by atoms with Gasteiger partial charge < -0.3 is 33.2 Å². The minimum Gasteiger partial charge on any atom is -0.461 e. The molecule has 0 radical (unpaired) electrons. The molecule has 0 amide bonds. The van der Waals surface area contributed by atoms with Gasteiger partial charge in [0.2, 0.25) is 0 Å². The molecule has 0 aromatic carbocycles. The van der Waals surface area contributed by atoms with E-state index in [4.69, 9.17) is 33.2 Å². The van der Waals surface area contributed by atoms with Crippen LogP contribution in [0.5, 0.6) is 0 Å². The van der Waals surface area contributed by atoms with Crippen LogP contribution in [-0.4, -0.2) is 119 Å². The van der Waals surface area contributed by atoms with Gasteiger partial charge in [0, 0.05) is 74.4 Å². The zero-order valence-electron chi connectivity index (χ0n) is 34.5. The predicted molar refractivity (Wildman–Crippen MR) is 223 cm³/mol. The summed E-state index contributed by atoms with van der Waals surface area (Å²) in [4.78, 5) is 104. The lowest BCUT2D eigenvalue weighted by Crippen LogP contribution is -2.47. The Labute approximate surface area is 371 Å². The van der Waals surface area contributed by atoms with E-state index < -0.39 is 99.5 Å². The maximum atomic E-state index is 13.3. The van der Waals surface area contributed by atoms with Crippen LogP contribution in [0.1, 0.15) is 62.1 Å². The van der Waals surface area contributed by atoms with Crippen molar-refractivity contribution >= 4 is 35.8 Å². The summed E-state index contributed by atoms with van der Waals surface area (Å²) in [7, 11) is 0. The molecule has 19 heteroatoms. The number of ether oxygens (including phenoxy) is 7. The molecule has 0 atom stereocenters. The van der Waals surface area contributed by atoms with Gasteiger partial charge in [-0.05, 0) is 72.8 Å². The van der Waals surface area contributed by atoms with Gasteiger partial charge in [-0.25, -0.2) is 28.8 Å². The summed E-state index contributed by atoms with van der Waals surface area (Å²) in [6.45, 7) is -4.47. The monoisotopic (exact) mass is 884 g/mol. The van der Waals surface area contributed by atoms with Gasteiger partial charge in [0.25, 0.3) is 0 Å². The summed E-state index contributed by atoms with van der Waals surface area (Å²) in [5.74, 6) is -4.91. The second-order valence-corrected chi connectivity index (χ2v) is 14.4. The normalized spacial score (nSPS) is 11.1. The third kappa shape index (κ3) is 13.8. The lowest BCUT2D eigenvalue weighted by molar-refractivity contribution is -0.112. The lowest BCUT2D eigenvalue weighted by atomic mass is 9.90. The quantitative estimate of drug-likeness (QED) is 0.0673. The SMILES string of the molecule is O=C(OCC(COCC(COC(=O)c1cccnc1)(COC(=O)c1cccnc1)COC(=O)c1cccnc1)(COC(=O)c1cccnc1)COC(=O)c1cccnc1)c1cccnc1. The first kappa shape index (κ1) is 46.2. The molecule has 6 rings (SSSR count). The zero-order valence-corrected chi connectivity index (χ0v) is 34.5. The zero-order chi connectivity index (χ0) is 45.7. The van der Waals surface area contributed by atoms with E-state index in [0.29, 0.717) is 0 Å². The van der Waals surface area contributed by atoms with Gasteiger partial charge in [0.05, 0.1) is 57.4 Å². The number of nitrogens with zero attached hydrogens (tertiary/aromatic N) is 6. The molecule has 0 N–H and O–H groups in total. The summed E-state index contributed by atoms with van der Waals surface area (Å²) >= 11 is 0. The van der Waals surface area contributed by atoms with Crippen molar-refractivity contribution < 1.29 is 61.9 Å². The van der Waals surface area contributed by atoms with Crippen molar-refractivity contribution in [3.8, 4) is 0 Å². The van der Waals surface area contributed by atoms with E-state index in [0.717, 1.165) is 0 Å². The van der Waals surface area contributed by atoms with Crippen LogP contribution >= 0.6 is 0 Å². The van der Waals surface area contributed by atoms with Crippen molar-refractivity contribution in [3.63, 3.8) is 0 Å². The Hall–Kier alpha value is -8.32. The van der Waals surface area contributed by atoms with E-state index >= 15 is 0 Å². The molecular formula is C46H40N6O13. The fourth-order valence-corrected chi connectivity index (χ4v) is 5.70. The molecule has 0 aliphatic rings. The first-order valence-electron chi connectivity index (χ1n) is 19.6. The van der Waals surface area contributed by atoms with Gasteiger partial charge in [-0.2, -0.15) is 0 Å². The molecule has 0 spiro atoms. The molecule has 0 fully saturated rings. The Morgan fingerprint density at radius 3 is 0.646 bits per heavy atom. The van der Waals surface area contributed by atoms with Gasteiger partial charge in [-0.1, -0.05) is 0 Å². The van der Waals surface area contributed by atoms with Gasteiger partial charge in [0.15, 0.2) is 0 Å². The van der Waals surface area contributed by atoms with Crippen LogP contribution in [0.3, 0.4) is 0 Å². The molecule has 0 unspecified atom stereocenters. The highest BCUT2D eigenvalue weighted by Gasteiger charge is 2.41.